The topological polar surface area (TPSA) is 69.6 Å². The number of halogens is 2. The van der Waals surface area contributed by atoms with Crippen LogP contribution in [0.15, 0.2) is 18.2 Å². The van der Waals surface area contributed by atoms with Crippen molar-refractivity contribution in [2.45, 2.75) is 19.8 Å². The quantitative estimate of drug-likeness (QED) is 0.771. The van der Waals surface area contributed by atoms with Gasteiger partial charge in [0.2, 0.25) is 5.91 Å². The van der Waals surface area contributed by atoms with Crippen molar-refractivity contribution in [3.05, 3.63) is 29.8 Å². The molecule has 0 unspecified atom stereocenters. The number of para-hydroxylation sites is 1. The highest BCUT2D eigenvalue weighted by Crippen LogP contribution is 2.17. The fourth-order valence-electron chi connectivity index (χ4n) is 1.80. The normalized spacial score (nSPS) is 10.7. The molecule has 116 valence electrons. The molecular formula is C14H18F2N2O3. The van der Waals surface area contributed by atoms with E-state index in [1.807, 2.05) is 6.92 Å². The van der Waals surface area contributed by atoms with E-state index in [4.69, 9.17) is 5.11 Å². The predicted octanol–water partition coefficient (Wildman–Crippen LogP) is 2.09. The summed E-state index contributed by atoms with van der Waals surface area (Å²) in [7, 11) is 0. The Morgan fingerprint density at radius 1 is 1.29 bits per heavy atom. The van der Waals surface area contributed by atoms with Gasteiger partial charge in [-0.1, -0.05) is 13.0 Å². The maximum absolute atomic E-state index is 13.4. The Labute approximate surface area is 121 Å². The molecule has 0 spiro atoms. The van der Waals surface area contributed by atoms with Gasteiger partial charge >= 0.3 is 5.97 Å². The van der Waals surface area contributed by atoms with Crippen LogP contribution in [-0.4, -0.2) is 41.5 Å². The second-order valence-corrected chi connectivity index (χ2v) is 4.51. The van der Waals surface area contributed by atoms with Gasteiger partial charge in [-0.05, 0) is 31.6 Å². The lowest BCUT2D eigenvalue weighted by molar-refractivity contribution is -0.137. The predicted molar refractivity (Wildman–Crippen MR) is 74.0 cm³/mol. The first kappa shape index (κ1) is 17.0. The Morgan fingerprint density at radius 2 is 1.90 bits per heavy atom. The molecule has 7 heteroatoms. The number of hydrogen-bond acceptors (Lipinski definition) is 3. The van der Waals surface area contributed by atoms with E-state index in [0.29, 0.717) is 19.5 Å². The molecule has 0 aliphatic carbocycles. The van der Waals surface area contributed by atoms with E-state index in [2.05, 4.69) is 5.32 Å². The maximum Gasteiger partial charge on any atom is 0.303 e. The molecule has 0 fully saturated rings. The summed E-state index contributed by atoms with van der Waals surface area (Å²) >= 11 is 0. The molecule has 0 aliphatic heterocycles. The summed E-state index contributed by atoms with van der Waals surface area (Å²) in [6.45, 7) is 2.73. The first-order valence-electron chi connectivity index (χ1n) is 6.62. The zero-order valence-corrected chi connectivity index (χ0v) is 11.7. The Morgan fingerprint density at radius 3 is 2.43 bits per heavy atom. The van der Waals surface area contributed by atoms with Gasteiger partial charge in [0, 0.05) is 6.42 Å². The summed E-state index contributed by atoms with van der Waals surface area (Å²) in [5, 5.41) is 10.8. The molecule has 0 aliphatic rings. The van der Waals surface area contributed by atoms with Crippen molar-refractivity contribution >= 4 is 17.6 Å². The molecule has 0 bridgehead atoms. The summed E-state index contributed by atoms with van der Waals surface area (Å²) in [5.41, 5.74) is -0.468. The van der Waals surface area contributed by atoms with E-state index in [0.717, 1.165) is 12.1 Å². The lowest BCUT2D eigenvalue weighted by atomic mass is 10.2. The van der Waals surface area contributed by atoms with Crippen LogP contribution in [0.1, 0.15) is 19.8 Å². The minimum atomic E-state index is -0.899. The zero-order valence-electron chi connectivity index (χ0n) is 11.7. The molecule has 0 heterocycles. The number of rotatable bonds is 8. The van der Waals surface area contributed by atoms with Crippen LogP contribution in [0, 0.1) is 11.6 Å². The van der Waals surface area contributed by atoms with Crippen LogP contribution >= 0.6 is 0 Å². The minimum absolute atomic E-state index is 0.0139. The SMILES string of the molecule is CCN(CCCC(=O)O)CC(=O)Nc1c(F)cccc1F. The van der Waals surface area contributed by atoms with Crippen molar-refractivity contribution in [1.82, 2.24) is 4.90 Å². The molecule has 0 atom stereocenters. The number of carboxylic acids is 1. The van der Waals surface area contributed by atoms with Crippen LogP contribution in [0.4, 0.5) is 14.5 Å². The van der Waals surface area contributed by atoms with Crippen LogP contribution in [0.5, 0.6) is 0 Å². The van der Waals surface area contributed by atoms with Gasteiger partial charge in [0.25, 0.3) is 0 Å². The monoisotopic (exact) mass is 300 g/mol. The molecule has 0 aromatic heterocycles. The number of carbonyl (C=O) groups is 2. The van der Waals surface area contributed by atoms with Gasteiger partial charge in [-0.25, -0.2) is 8.78 Å². The number of hydrogen-bond donors (Lipinski definition) is 2. The van der Waals surface area contributed by atoms with Crippen LogP contribution in [-0.2, 0) is 9.59 Å². The van der Waals surface area contributed by atoms with Gasteiger partial charge < -0.3 is 10.4 Å². The van der Waals surface area contributed by atoms with Gasteiger partial charge in [0.05, 0.1) is 6.54 Å². The Bertz CT molecular complexity index is 489. The van der Waals surface area contributed by atoms with E-state index in [1.165, 1.54) is 6.07 Å². The minimum Gasteiger partial charge on any atom is -0.481 e. The molecule has 1 amide bonds. The van der Waals surface area contributed by atoms with Crippen LogP contribution in [0.3, 0.4) is 0 Å². The summed E-state index contributed by atoms with van der Waals surface area (Å²) in [4.78, 5) is 23.9. The fourth-order valence-corrected chi connectivity index (χ4v) is 1.80. The zero-order chi connectivity index (χ0) is 15.8. The fraction of sp³-hybridized carbons (Fsp3) is 0.429. The molecule has 0 radical (unpaired) electrons. The second-order valence-electron chi connectivity index (χ2n) is 4.51. The summed E-state index contributed by atoms with van der Waals surface area (Å²) < 4.78 is 26.8. The number of benzene rings is 1. The van der Waals surface area contributed by atoms with Crippen molar-refractivity contribution < 1.29 is 23.5 Å². The number of likely N-dealkylation sites (N-methyl/N-ethyl adjacent to an activating group) is 1. The third-order valence-electron chi connectivity index (χ3n) is 2.91. The molecular weight excluding hydrogens is 282 g/mol. The number of anilines is 1. The van der Waals surface area contributed by atoms with Crippen LogP contribution in [0.2, 0.25) is 0 Å². The lowest BCUT2D eigenvalue weighted by Crippen LogP contribution is -2.34. The third kappa shape index (κ3) is 5.86. The molecule has 1 aromatic carbocycles. The van der Waals surface area contributed by atoms with Crippen LogP contribution in [0.25, 0.3) is 0 Å². The average Bonchev–Trinajstić information content (AvgIpc) is 2.41. The molecule has 1 aromatic rings. The van der Waals surface area contributed by atoms with Crippen molar-refractivity contribution in [2.75, 3.05) is 25.0 Å². The Balaban J connectivity index is 2.53. The first-order valence-corrected chi connectivity index (χ1v) is 6.62. The first-order chi connectivity index (χ1) is 9.93. The second kappa shape index (κ2) is 8.31. The lowest BCUT2D eigenvalue weighted by Gasteiger charge is -2.19. The van der Waals surface area contributed by atoms with Crippen molar-refractivity contribution in [3.8, 4) is 0 Å². The van der Waals surface area contributed by atoms with Gasteiger partial charge in [0.1, 0.15) is 17.3 Å². The molecule has 5 nitrogen and oxygen atoms in total. The Hall–Kier alpha value is -2.02. The van der Waals surface area contributed by atoms with E-state index in [-0.39, 0.29) is 13.0 Å². The number of nitrogens with zero attached hydrogens (tertiary/aromatic N) is 1. The number of nitrogens with one attached hydrogen (secondary N) is 1. The van der Waals surface area contributed by atoms with E-state index < -0.39 is 29.2 Å². The average molecular weight is 300 g/mol. The number of aliphatic carboxylic acids is 1. The smallest absolute Gasteiger partial charge is 0.303 e. The molecule has 0 saturated carbocycles. The van der Waals surface area contributed by atoms with E-state index in [9.17, 15) is 18.4 Å². The van der Waals surface area contributed by atoms with E-state index in [1.54, 1.807) is 4.90 Å². The molecule has 21 heavy (non-hydrogen) atoms. The Kier molecular flexibility index (Phi) is 6.74. The number of carbonyl (C=O) groups excluding carboxylic acids is 1. The summed E-state index contributed by atoms with van der Waals surface area (Å²) in [5.74, 6) is -3.12. The highest BCUT2D eigenvalue weighted by atomic mass is 19.1. The highest BCUT2D eigenvalue weighted by molar-refractivity contribution is 5.92. The van der Waals surface area contributed by atoms with Gasteiger partial charge in [0.15, 0.2) is 0 Å². The molecule has 1 rings (SSSR count). The van der Waals surface area contributed by atoms with Crippen LogP contribution < -0.4 is 5.32 Å². The van der Waals surface area contributed by atoms with Gasteiger partial charge in [-0.15, -0.1) is 0 Å². The van der Waals surface area contributed by atoms with Crippen molar-refractivity contribution in [1.29, 1.82) is 0 Å². The number of amides is 1. The van der Waals surface area contributed by atoms with Crippen molar-refractivity contribution in [3.63, 3.8) is 0 Å². The molecule has 2 N–H and O–H groups in total. The summed E-state index contributed by atoms with van der Waals surface area (Å²) in [6.07, 6.45) is 0.421. The van der Waals surface area contributed by atoms with Gasteiger partial charge in [-0.2, -0.15) is 0 Å². The third-order valence-corrected chi connectivity index (χ3v) is 2.91. The maximum atomic E-state index is 13.4. The highest BCUT2D eigenvalue weighted by Gasteiger charge is 2.14. The molecule has 0 saturated heterocycles. The van der Waals surface area contributed by atoms with E-state index >= 15 is 0 Å². The van der Waals surface area contributed by atoms with Gasteiger partial charge in [-0.3, -0.25) is 14.5 Å². The standard InChI is InChI=1S/C14H18F2N2O3/c1-2-18(8-4-7-13(20)21)9-12(19)17-14-10(15)5-3-6-11(14)16/h3,5-6H,2,4,7-9H2,1H3,(H,17,19)(H,20,21). The number of carboxylic acid groups (broad SMARTS) is 1. The largest absolute Gasteiger partial charge is 0.481 e. The van der Waals surface area contributed by atoms with Crippen molar-refractivity contribution in [2.24, 2.45) is 0 Å². The summed E-state index contributed by atoms with van der Waals surface area (Å²) in [6, 6.07) is 3.33.